The molecule has 0 aliphatic heterocycles. The largest absolute Gasteiger partial charge is 0.318 e. The summed E-state index contributed by atoms with van der Waals surface area (Å²) in [5, 5.41) is 5.84. The second kappa shape index (κ2) is 9.43. The average Bonchev–Trinajstić information content (AvgIpc) is 3.06. The molecule has 164 valence electrons. The molecule has 0 radical (unpaired) electrons. The second-order valence-electron chi connectivity index (χ2n) is 7.79. The van der Waals surface area contributed by atoms with Gasteiger partial charge < -0.3 is 4.57 Å². The van der Waals surface area contributed by atoms with E-state index >= 15 is 0 Å². The fourth-order valence-electron chi connectivity index (χ4n) is 3.84. The highest BCUT2D eigenvalue weighted by Gasteiger charge is 2.13. The number of hydrogen-bond acceptors (Lipinski definition) is 3. The standard InChI is InChI=1S/C25H24BrClN4O/c1-4-5-6-24-29-23-12-7-19(26)14-22(23)25(32)31(24)28-15-18-13-16(2)30(17(18)3)21-10-8-20(27)9-11-21/h7-15H,4-6H2,1-3H3. The van der Waals surface area contributed by atoms with Crippen LogP contribution in [0.15, 0.2) is 62.9 Å². The van der Waals surface area contributed by atoms with Gasteiger partial charge in [-0.15, -0.1) is 0 Å². The Morgan fingerprint density at radius 2 is 1.88 bits per heavy atom. The summed E-state index contributed by atoms with van der Waals surface area (Å²) in [7, 11) is 0. The van der Waals surface area contributed by atoms with Crippen molar-refractivity contribution in [1.29, 1.82) is 0 Å². The minimum absolute atomic E-state index is 0.162. The summed E-state index contributed by atoms with van der Waals surface area (Å²) in [4.78, 5) is 18.0. The lowest BCUT2D eigenvalue weighted by atomic mass is 10.2. The number of benzene rings is 2. The van der Waals surface area contributed by atoms with E-state index in [0.717, 1.165) is 40.0 Å². The summed E-state index contributed by atoms with van der Waals surface area (Å²) in [5.41, 5.74) is 4.61. The maximum absolute atomic E-state index is 13.3. The first-order chi connectivity index (χ1) is 15.4. The lowest BCUT2D eigenvalue weighted by molar-refractivity contribution is 0.675. The van der Waals surface area contributed by atoms with Crippen LogP contribution in [0.3, 0.4) is 0 Å². The van der Waals surface area contributed by atoms with Crippen molar-refractivity contribution in [3.8, 4) is 5.69 Å². The van der Waals surface area contributed by atoms with E-state index in [0.29, 0.717) is 28.2 Å². The zero-order valence-corrected chi connectivity index (χ0v) is 20.6. The summed E-state index contributed by atoms with van der Waals surface area (Å²) >= 11 is 9.50. The van der Waals surface area contributed by atoms with E-state index in [1.807, 2.05) is 50.2 Å². The van der Waals surface area contributed by atoms with Crippen LogP contribution in [0.5, 0.6) is 0 Å². The Morgan fingerprint density at radius 1 is 1.12 bits per heavy atom. The summed E-state index contributed by atoms with van der Waals surface area (Å²) in [6, 6.07) is 15.4. The van der Waals surface area contributed by atoms with Crippen molar-refractivity contribution in [2.24, 2.45) is 5.10 Å². The number of unbranched alkanes of at least 4 members (excludes halogenated alkanes) is 1. The molecule has 0 bridgehead atoms. The summed E-state index contributed by atoms with van der Waals surface area (Å²) in [6.45, 7) is 6.21. The van der Waals surface area contributed by atoms with Crippen molar-refractivity contribution in [2.45, 2.75) is 40.0 Å². The van der Waals surface area contributed by atoms with E-state index in [1.165, 1.54) is 4.68 Å². The third-order valence-electron chi connectivity index (χ3n) is 5.50. The molecule has 0 amide bonds. The number of aryl methyl sites for hydroxylation is 2. The van der Waals surface area contributed by atoms with Crippen LogP contribution in [0.2, 0.25) is 5.02 Å². The Labute approximate surface area is 200 Å². The lowest BCUT2D eigenvalue weighted by Crippen LogP contribution is -2.22. The molecule has 4 rings (SSSR count). The van der Waals surface area contributed by atoms with Gasteiger partial charge in [0, 0.05) is 38.6 Å². The van der Waals surface area contributed by atoms with E-state index in [-0.39, 0.29) is 5.56 Å². The first-order valence-corrected chi connectivity index (χ1v) is 11.8. The summed E-state index contributed by atoms with van der Waals surface area (Å²) in [5.74, 6) is 0.675. The fourth-order valence-corrected chi connectivity index (χ4v) is 4.32. The van der Waals surface area contributed by atoms with Crippen LogP contribution < -0.4 is 5.56 Å². The maximum Gasteiger partial charge on any atom is 0.282 e. The molecule has 0 saturated carbocycles. The Kier molecular flexibility index (Phi) is 6.63. The van der Waals surface area contributed by atoms with Gasteiger partial charge in [-0.2, -0.15) is 9.78 Å². The zero-order valence-electron chi connectivity index (χ0n) is 18.3. The smallest absolute Gasteiger partial charge is 0.282 e. The van der Waals surface area contributed by atoms with E-state index in [9.17, 15) is 4.79 Å². The van der Waals surface area contributed by atoms with Gasteiger partial charge in [0.25, 0.3) is 5.56 Å². The van der Waals surface area contributed by atoms with Crippen LogP contribution in [0.1, 0.15) is 42.5 Å². The molecule has 0 aliphatic rings. The van der Waals surface area contributed by atoms with Crippen LogP contribution in [-0.4, -0.2) is 20.4 Å². The SMILES string of the molecule is CCCCc1nc2ccc(Br)cc2c(=O)n1N=Cc1cc(C)n(-c2ccc(Cl)cc2)c1C. The molecule has 0 atom stereocenters. The number of nitrogens with zero attached hydrogens (tertiary/aromatic N) is 4. The molecule has 0 unspecified atom stereocenters. The fraction of sp³-hybridized carbons (Fsp3) is 0.240. The molecule has 7 heteroatoms. The normalized spacial score (nSPS) is 11.7. The Hall–Kier alpha value is -2.70. The highest BCUT2D eigenvalue weighted by atomic mass is 79.9. The summed E-state index contributed by atoms with van der Waals surface area (Å²) < 4.78 is 4.43. The van der Waals surface area contributed by atoms with Crippen LogP contribution in [0.25, 0.3) is 16.6 Å². The molecule has 0 saturated heterocycles. The third-order valence-corrected chi connectivity index (χ3v) is 6.24. The van der Waals surface area contributed by atoms with Crippen LogP contribution in [0.4, 0.5) is 0 Å². The molecule has 2 aromatic heterocycles. The first-order valence-electron chi connectivity index (χ1n) is 10.6. The van der Waals surface area contributed by atoms with Gasteiger partial charge in [0.2, 0.25) is 0 Å². The average molecular weight is 512 g/mol. The zero-order chi connectivity index (χ0) is 22.8. The topological polar surface area (TPSA) is 52.2 Å². The Balaban J connectivity index is 1.80. The molecule has 0 spiro atoms. The third kappa shape index (κ3) is 4.43. The molecule has 2 heterocycles. The van der Waals surface area contributed by atoms with Crippen molar-refractivity contribution in [2.75, 3.05) is 0 Å². The van der Waals surface area contributed by atoms with Crippen molar-refractivity contribution in [3.63, 3.8) is 0 Å². The number of rotatable bonds is 6. The highest BCUT2D eigenvalue weighted by molar-refractivity contribution is 9.10. The van der Waals surface area contributed by atoms with Crippen molar-refractivity contribution < 1.29 is 0 Å². The van der Waals surface area contributed by atoms with E-state index in [1.54, 1.807) is 12.3 Å². The van der Waals surface area contributed by atoms with Crippen LogP contribution in [0, 0.1) is 13.8 Å². The van der Waals surface area contributed by atoms with E-state index < -0.39 is 0 Å². The van der Waals surface area contributed by atoms with Gasteiger partial charge in [0.05, 0.1) is 17.1 Å². The molecule has 4 aromatic rings. The molecule has 0 aliphatic carbocycles. The van der Waals surface area contributed by atoms with Crippen LogP contribution >= 0.6 is 27.5 Å². The van der Waals surface area contributed by atoms with Gasteiger partial charge in [0.1, 0.15) is 5.82 Å². The second-order valence-corrected chi connectivity index (χ2v) is 9.14. The minimum atomic E-state index is -0.162. The molecule has 32 heavy (non-hydrogen) atoms. The van der Waals surface area contributed by atoms with Gasteiger partial charge in [-0.25, -0.2) is 4.98 Å². The van der Waals surface area contributed by atoms with Crippen molar-refractivity contribution in [1.82, 2.24) is 14.2 Å². The monoisotopic (exact) mass is 510 g/mol. The minimum Gasteiger partial charge on any atom is -0.318 e. The van der Waals surface area contributed by atoms with Gasteiger partial charge in [-0.1, -0.05) is 40.9 Å². The van der Waals surface area contributed by atoms with E-state index in [2.05, 4.69) is 38.6 Å². The number of aromatic nitrogens is 3. The molecule has 0 fully saturated rings. The molecule has 5 nitrogen and oxygen atoms in total. The van der Waals surface area contributed by atoms with Gasteiger partial charge >= 0.3 is 0 Å². The molecule has 0 N–H and O–H groups in total. The molecule has 2 aromatic carbocycles. The maximum atomic E-state index is 13.3. The quantitative estimate of drug-likeness (QED) is 0.280. The van der Waals surface area contributed by atoms with Crippen molar-refractivity contribution in [3.05, 3.63) is 91.2 Å². The van der Waals surface area contributed by atoms with Gasteiger partial charge in [-0.05, 0) is 68.8 Å². The molecular weight excluding hydrogens is 488 g/mol. The lowest BCUT2D eigenvalue weighted by Gasteiger charge is -2.10. The Bertz CT molecular complexity index is 1370. The number of hydrogen-bond donors (Lipinski definition) is 0. The predicted molar refractivity (Wildman–Crippen MR) is 136 cm³/mol. The van der Waals surface area contributed by atoms with Gasteiger partial charge in [-0.3, -0.25) is 4.79 Å². The number of fused-ring (bicyclic) bond motifs is 1. The van der Waals surface area contributed by atoms with Crippen molar-refractivity contribution >= 4 is 44.6 Å². The Morgan fingerprint density at radius 3 is 2.59 bits per heavy atom. The van der Waals surface area contributed by atoms with Crippen LogP contribution in [-0.2, 0) is 6.42 Å². The summed E-state index contributed by atoms with van der Waals surface area (Å²) in [6.07, 6.45) is 4.39. The molecular formula is C25H24BrClN4O. The predicted octanol–water partition coefficient (Wildman–Crippen LogP) is 6.44. The van der Waals surface area contributed by atoms with Gasteiger partial charge in [0.15, 0.2) is 0 Å². The van der Waals surface area contributed by atoms with E-state index in [4.69, 9.17) is 16.6 Å². The highest BCUT2D eigenvalue weighted by Crippen LogP contribution is 2.22. The first kappa shape index (κ1) is 22.5. The number of halogens is 2.